The second kappa shape index (κ2) is 14.0. The third-order valence-corrected chi connectivity index (χ3v) is 10.6. The van der Waals surface area contributed by atoms with Crippen molar-refractivity contribution in [2.45, 2.75) is 57.5 Å². The molecule has 3 saturated heterocycles. The molecule has 6 rings (SSSR count). The van der Waals surface area contributed by atoms with Crippen LogP contribution in [-0.2, 0) is 14.3 Å². The first-order chi connectivity index (χ1) is 23.1. The van der Waals surface area contributed by atoms with Gasteiger partial charge >= 0.3 is 6.03 Å². The van der Waals surface area contributed by atoms with E-state index in [0.717, 1.165) is 23.4 Å². The first kappa shape index (κ1) is 33.6. The molecule has 0 saturated carbocycles. The molecule has 4 heterocycles. The van der Waals surface area contributed by atoms with Gasteiger partial charge in [0.2, 0.25) is 0 Å². The molecule has 4 amide bonds. The van der Waals surface area contributed by atoms with E-state index >= 15 is 0 Å². The minimum absolute atomic E-state index is 0.0631. The minimum atomic E-state index is -0.478. The van der Waals surface area contributed by atoms with Crippen LogP contribution in [0, 0.1) is 29.6 Å². The van der Waals surface area contributed by atoms with Crippen LogP contribution in [0.3, 0.4) is 0 Å². The summed E-state index contributed by atoms with van der Waals surface area (Å²) in [5.41, 5.74) is 1.97. The van der Waals surface area contributed by atoms with Gasteiger partial charge in [-0.25, -0.2) is 4.79 Å². The maximum atomic E-state index is 13.8. The molecule has 3 fully saturated rings. The zero-order valence-electron chi connectivity index (χ0n) is 27.7. The summed E-state index contributed by atoms with van der Waals surface area (Å²) >= 11 is 1.45. The number of methoxy groups -OCH3 is 1. The molecule has 0 radical (unpaired) electrons. The van der Waals surface area contributed by atoms with E-state index in [1.54, 1.807) is 18.1 Å². The van der Waals surface area contributed by atoms with Crippen LogP contribution in [0.5, 0.6) is 11.5 Å². The second-order valence-corrected chi connectivity index (χ2v) is 14.6. The summed E-state index contributed by atoms with van der Waals surface area (Å²) in [6.45, 7) is 7.70. The number of rotatable bonds is 9. The Balaban J connectivity index is 1.16. The Labute approximate surface area is 285 Å². The number of piperidine rings is 2. The summed E-state index contributed by atoms with van der Waals surface area (Å²) in [6.07, 6.45) is 3.81. The van der Waals surface area contributed by atoms with Gasteiger partial charge in [-0.1, -0.05) is 49.9 Å². The lowest BCUT2D eigenvalue weighted by molar-refractivity contribution is -0.129. The van der Waals surface area contributed by atoms with Gasteiger partial charge in [-0.15, -0.1) is 0 Å². The highest BCUT2D eigenvalue weighted by molar-refractivity contribution is 8.04. The van der Waals surface area contributed by atoms with E-state index in [1.165, 1.54) is 11.8 Å². The summed E-state index contributed by atoms with van der Waals surface area (Å²) in [5, 5.41) is 19.5. The highest BCUT2D eigenvalue weighted by Crippen LogP contribution is 2.48. The number of urea groups is 1. The summed E-state index contributed by atoms with van der Waals surface area (Å²) in [5.74, 6) is 0.740. The van der Waals surface area contributed by atoms with Gasteiger partial charge in [0.25, 0.3) is 11.8 Å². The van der Waals surface area contributed by atoms with Crippen LogP contribution in [0.4, 0.5) is 10.5 Å². The quantitative estimate of drug-likeness (QED) is 0.256. The van der Waals surface area contributed by atoms with E-state index in [-0.39, 0.29) is 46.8 Å². The van der Waals surface area contributed by atoms with Gasteiger partial charge in [-0.3, -0.25) is 14.5 Å². The van der Waals surface area contributed by atoms with Crippen LogP contribution in [0.1, 0.15) is 38.7 Å². The average molecular weight is 671 g/mol. The number of thioether (sulfide) groups is 1. The van der Waals surface area contributed by atoms with Crippen LogP contribution in [0.2, 0.25) is 0 Å². The van der Waals surface area contributed by atoms with Crippen LogP contribution in [0.25, 0.3) is 0 Å². The summed E-state index contributed by atoms with van der Waals surface area (Å²) < 4.78 is 11.3. The number of hydrogen-bond donors (Lipinski definition) is 3. The Hall–Kier alpha value is -4.31. The molecular formula is C36H42N6O5S. The van der Waals surface area contributed by atoms with Crippen molar-refractivity contribution in [3.8, 4) is 17.6 Å². The Morgan fingerprint density at radius 1 is 1.17 bits per heavy atom. The minimum Gasteiger partial charge on any atom is -0.457 e. The molecule has 12 heteroatoms. The lowest BCUT2D eigenvalue weighted by Crippen LogP contribution is -2.62. The van der Waals surface area contributed by atoms with Crippen LogP contribution in [0.15, 0.2) is 70.8 Å². The number of hydrogen-bond acceptors (Lipinski definition) is 8. The molecule has 0 aromatic heterocycles. The Morgan fingerprint density at radius 3 is 2.69 bits per heavy atom. The molecule has 0 aliphatic carbocycles. The van der Waals surface area contributed by atoms with Gasteiger partial charge in [-0.05, 0) is 68.6 Å². The van der Waals surface area contributed by atoms with Crippen molar-refractivity contribution < 1.29 is 23.9 Å². The SMILES string of the molecule is COCC(C)(C)/C=C(/C#N)C(=O)N1CCC[C@@H](NC(=O)C2=C3NC(=O)N(c4ccc(Oc5ccccc5)cc4C)C4CCNC(S2)C34)C1. The maximum absolute atomic E-state index is 13.8. The van der Waals surface area contributed by atoms with E-state index in [1.807, 2.05) is 74.2 Å². The zero-order valence-corrected chi connectivity index (χ0v) is 28.6. The van der Waals surface area contributed by atoms with E-state index in [2.05, 4.69) is 22.0 Å². The number of nitrogens with zero attached hydrogens (tertiary/aromatic N) is 3. The second-order valence-electron chi connectivity index (χ2n) is 13.4. The number of carbonyl (C=O) groups is 3. The largest absolute Gasteiger partial charge is 0.457 e. The topological polar surface area (TPSA) is 136 Å². The Bertz CT molecular complexity index is 1690. The van der Waals surface area contributed by atoms with Crippen molar-refractivity contribution in [3.63, 3.8) is 0 Å². The van der Waals surface area contributed by atoms with Crippen LogP contribution >= 0.6 is 11.8 Å². The van der Waals surface area contributed by atoms with Gasteiger partial charge in [0.15, 0.2) is 0 Å². The van der Waals surface area contributed by atoms with Gasteiger partial charge in [0.1, 0.15) is 23.1 Å². The standard InChI is InChI=1S/C36H42N6O5S/c1-22-17-26(47-25-10-6-5-7-11-25)12-13-27(22)42-28-14-15-38-33-29(28)30(40-35(42)45)31(48-33)32(43)39-24-9-8-16-41(20-24)34(44)23(19-37)18-36(2,3)21-46-4/h5-7,10-13,17-18,24,28-29,33,38H,8-9,14-16,20-21H2,1-4H3,(H,39,43)(H,40,45)/b23-18-/t24-,28?,29?,33?/m1/s1. The fraction of sp³-hybridized carbons (Fsp3) is 0.444. The highest BCUT2D eigenvalue weighted by Gasteiger charge is 2.52. The summed E-state index contributed by atoms with van der Waals surface area (Å²) in [7, 11) is 1.59. The fourth-order valence-corrected chi connectivity index (χ4v) is 8.53. The van der Waals surface area contributed by atoms with E-state index in [0.29, 0.717) is 55.4 Å². The molecule has 2 aromatic carbocycles. The summed E-state index contributed by atoms with van der Waals surface area (Å²) in [4.78, 5) is 44.9. The first-order valence-electron chi connectivity index (χ1n) is 16.4. The van der Waals surface area contributed by atoms with Crippen molar-refractivity contribution >= 4 is 35.3 Å². The number of nitrogens with one attached hydrogen (secondary N) is 3. The highest BCUT2D eigenvalue weighted by atomic mass is 32.2. The number of para-hydroxylation sites is 1. The number of likely N-dealkylation sites (tertiary alicyclic amines) is 1. The molecule has 0 spiro atoms. The predicted molar refractivity (Wildman–Crippen MR) is 184 cm³/mol. The molecule has 4 aliphatic heterocycles. The molecule has 4 aliphatic rings. The van der Waals surface area contributed by atoms with E-state index in [4.69, 9.17) is 9.47 Å². The first-order valence-corrected chi connectivity index (χ1v) is 17.3. The predicted octanol–water partition coefficient (Wildman–Crippen LogP) is 4.81. The number of aryl methyl sites for hydroxylation is 1. The molecule has 4 atom stereocenters. The number of amides is 4. The molecule has 0 bridgehead atoms. The van der Waals surface area contributed by atoms with Gasteiger partial charge in [-0.2, -0.15) is 5.26 Å². The molecule has 252 valence electrons. The number of nitriles is 1. The third-order valence-electron chi connectivity index (χ3n) is 9.20. The number of ether oxygens (including phenoxy) is 2. The molecule has 11 nitrogen and oxygen atoms in total. The van der Waals surface area contributed by atoms with Crippen LogP contribution in [-0.4, -0.2) is 73.6 Å². The van der Waals surface area contributed by atoms with E-state index < -0.39 is 5.41 Å². The van der Waals surface area contributed by atoms with Gasteiger partial charge in [0, 0.05) is 49.0 Å². The lowest BCUT2D eigenvalue weighted by atomic mass is 9.86. The molecular weight excluding hydrogens is 629 g/mol. The third kappa shape index (κ3) is 6.95. The zero-order chi connectivity index (χ0) is 34.0. The maximum Gasteiger partial charge on any atom is 0.326 e. The lowest BCUT2D eigenvalue weighted by Gasteiger charge is -2.46. The van der Waals surface area contributed by atoms with Crippen LogP contribution < -0.4 is 25.6 Å². The van der Waals surface area contributed by atoms with Crippen molar-refractivity contribution in [1.82, 2.24) is 20.9 Å². The smallest absolute Gasteiger partial charge is 0.326 e. The number of anilines is 1. The van der Waals surface area contributed by atoms with E-state index in [9.17, 15) is 19.6 Å². The van der Waals surface area contributed by atoms with Crippen molar-refractivity contribution in [3.05, 3.63) is 76.3 Å². The van der Waals surface area contributed by atoms with Crippen molar-refractivity contribution in [1.29, 1.82) is 5.26 Å². The fourth-order valence-electron chi connectivity index (χ4n) is 7.14. The normalized spacial score (nSPS) is 24.1. The molecule has 48 heavy (non-hydrogen) atoms. The molecule has 2 aromatic rings. The van der Waals surface area contributed by atoms with Gasteiger partial charge < -0.3 is 30.3 Å². The molecule has 3 unspecified atom stereocenters. The van der Waals surface area contributed by atoms with Crippen molar-refractivity contribution in [2.75, 3.05) is 38.3 Å². The number of carbonyl (C=O) groups excluding carboxylic acids is 3. The average Bonchev–Trinajstić information content (AvgIpc) is 3.44. The Morgan fingerprint density at radius 2 is 1.96 bits per heavy atom. The Kier molecular flexibility index (Phi) is 9.83. The molecule has 3 N–H and O–H groups in total. The van der Waals surface area contributed by atoms with Crippen molar-refractivity contribution in [2.24, 2.45) is 11.3 Å². The number of benzene rings is 2. The summed E-state index contributed by atoms with van der Waals surface area (Å²) in [6, 6.07) is 16.7. The monoisotopic (exact) mass is 670 g/mol. The van der Waals surface area contributed by atoms with Gasteiger partial charge in [0.05, 0.1) is 22.9 Å².